The molecule has 2 fully saturated rings. The number of nitrogens with zero attached hydrogens (tertiary/aromatic N) is 6. The molecule has 2 amide bonds. The molecule has 1 aromatic carbocycles. The van der Waals surface area contributed by atoms with Gasteiger partial charge in [0.15, 0.2) is 11.6 Å². The number of Topliss-reactive ketones (excluding diaryl/α,β-unsaturated/α-hetero) is 2. The average Bonchev–Trinajstić information content (AvgIpc) is 3.51. The lowest BCUT2D eigenvalue weighted by Gasteiger charge is -2.27. The van der Waals surface area contributed by atoms with Gasteiger partial charge in [-0.3, -0.25) is 23.9 Å². The zero-order chi connectivity index (χ0) is 36.1. The van der Waals surface area contributed by atoms with Gasteiger partial charge in [-0.1, -0.05) is 12.1 Å². The van der Waals surface area contributed by atoms with Crippen molar-refractivity contribution in [1.82, 2.24) is 34.9 Å². The number of likely N-dealkylation sites (tertiary alicyclic amines) is 1. The minimum absolute atomic E-state index is 0.0789. The minimum atomic E-state index is -3.57. The molecule has 15 heteroatoms. The fraction of sp³-hybridized carbons (Fsp3) is 0.444. The zero-order valence-corrected chi connectivity index (χ0v) is 29.7. The maximum absolute atomic E-state index is 14.8. The van der Waals surface area contributed by atoms with Crippen LogP contribution in [0.1, 0.15) is 66.6 Å². The van der Waals surface area contributed by atoms with Gasteiger partial charge in [0.1, 0.15) is 22.7 Å². The van der Waals surface area contributed by atoms with Crippen LogP contribution in [-0.4, -0.2) is 84.2 Å². The van der Waals surface area contributed by atoms with E-state index in [-0.39, 0.29) is 62.8 Å². The number of ether oxygens (including phenoxy) is 1. The predicted molar refractivity (Wildman–Crippen MR) is 184 cm³/mol. The van der Waals surface area contributed by atoms with Crippen molar-refractivity contribution in [3.63, 3.8) is 0 Å². The van der Waals surface area contributed by atoms with Gasteiger partial charge in [0.2, 0.25) is 5.91 Å². The van der Waals surface area contributed by atoms with Crippen LogP contribution in [0.2, 0.25) is 0 Å². The smallest absolute Gasteiger partial charge is 0.324 e. The second kappa shape index (κ2) is 13.6. The average molecular weight is 765 g/mol. The van der Waals surface area contributed by atoms with Gasteiger partial charge < -0.3 is 15.0 Å². The molecule has 3 aromatic heterocycles. The molecule has 12 nitrogen and oxygen atoms in total. The Morgan fingerprint density at radius 3 is 2.63 bits per heavy atom. The number of hydrogen-bond donors (Lipinski definition) is 1. The van der Waals surface area contributed by atoms with Crippen LogP contribution >= 0.6 is 15.9 Å². The monoisotopic (exact) mass is 763 g/mol. The van der Waals surface area contributed by atoms with Gasteiger partial charge in [0.05, 0.1) is 30.3 Å². The molecule has 1 saturated heterocycles. The minimum Gasteiger partial charge on any atom is -0.377 e. The summed E-state index contributed by atoms with van der Waals surface area (Å²) in [5, 5.41) is 7.51. The zero-order valence-electron chi connectivity index (χ0n) is 28.1. The van der Waals surface area contributed by atoms with Crippen LogP contribution in [0.15, 0.2) is 47.3 Å². The molecule has 4 aromatic rings. The second-order valence-corrected chi connectivity index (χ2v) is 14.5. The van der Waals surface area contributed by atoms with Crippen molar-refractivity contribution < 1.29 is 32.7 Å². The molecule has 3 aliphatic rings. The molecule has 7 rings (SSSR count). The summed E-state index contributed by atoms with van der Waals surface area (Å²) in [5.41, 5.74) is 2.72. The van der Waals surface area contributed by atoms with Crippen molar-refractivity contribution in [2.45, 2.75) is 83.5 Å². The first-order chi connectivity index (χ1) is 24.3. The molecule has 1 saturated carbocycles. The highest BCUT2D eigenvalue weighted by Crippen LogP contribution is 2.59. The predicted octanol–water partition coefficient (Wildman–Crippen LogP) is 4.79. The van der Waals surface area contributed by atoms with E-state index in [1.165, 1.54) is 16.5 Å². The SMILES string of the molecule is CC(=O)c1nn(CC(=O)N2[C@H]3C[C@@]4(CNC(=O)C(F)(F)CCCCOCc5ccc(Br)nc5CC3=O)C[C@@H]24)c2ccc(-c3cnc(C)nc3)cc12. The lowest BCUT2D eigenvalue weighted by Crippen LogP contribution is -2.45. The first-order valence-electron chi connectivity index (χ1n) is 16.9. The van der Waals surface area contributed by atoms with E-state index in [9.17, 15) is 28.0 Å². The Balaban J connectivity index is 1.20. The lowest BCUT2D eigenvalue weighted by molar-refractivity contribution is -0.147. The molecule has 5 heterocycles. The Hall–Kier alpha value is -4.50. The number of fused-ring (bicyclic) bond motifs is 3. The number of alkyl halides is 2. The number of piperidine rings is 1. The summed E-state index contributed by atoms with van der Waals surface area (Å²) >= 11 is 3.39. The molecule has 0 unspecified atom stereocenters. The standard InChI is InChI=1S/C36H36BrF2N7O5/c1-20(47)33-25-11-22(24-15-40-21(2)41-16-24)5-7-27(25)45(44-33)17-32(49)46-28-13-35(14-30(35)46)19-42-34(50)36(38,39)9-3-4-10-51-18-23-6-8-31(37)43-26(23)12-29(28)48/h5-8,11,15-16,28,30H,3-4,9-10,12-14,17-19H2,1-2H3,(H,42,50)/t28-,30+,35-/m0/s1. The summed E-state index contributed by atoms with van der Waals surface area (Å²) in [6, 6.07) is 7.62. The highest BCUT2D eigenvalue weighted by molar-refractivity contribution is 9.10. The third-order valence-corrected chi connectivity index (χ3v) is 10.6. The van der Waals surface area contributed by atoms with Gasteiger partial charge in [-0.25, -0.2) is 15.0 Å². The highest BCUT2D eigenvalue weighted by Gasteiger charge is 2.67. The van der Waals surface area contributed by atoms with Crippen LogP contribution in [0, 0.1) is 12.3 Å². The summed E-state index contributed by atoms with van der Waals surface area (Å²) in [6.45, 7) is 3.15. The number of aryl methyl sites for hydroxylation is 1. The Morgan fingerprint density at radius 2 is 1.86 bits per heavy atom. The fourth-order valence-electron chi connectivity index (χ4n) is 7.31. The van der Waals surface area contributed by atoms with Crippen LogP contribution in [0.5, 0.6) is 0 Å². The topological polar surface area (TPSA) is 149 Å². The second-order valence-electron chi connectivity index (χ2n) is 13.7. The normalized spacial score (nSPS) is 23.7. The van der Waals surface area contributed by atoms with E-state index in [0.717, 1.165) is 11.1 Å². The molecule has 2 aliphatic heterocycles. The van der Waals surface area contributed by atoms with Crippen LogP contribution in [0.4, 0.5) is 8.78 Å². The van der Waals surface area contributed by atoms with Crippen molar-refractivity contribution in [1.29, 1.82) is 0 Å². The Labute approximate surface area is 300 Å². The number of ketones is 2. The number of carbonyl (C=O) groups excluding carboxylic acids is 4. The van der Waals surface area contributed by atoms with Crippen molar-refractivity contribution in [2.75, 3.05) is 13.2 Å². The molecule has 1 aliphatic carbocycles. The number of aromatic nitrogens is 5. The molecular weight excluding hydrogens is 728 g/mol. The largest absolute Gasteiger partial charge is 0.377 e. The van der Waals surface area contributed by atoms with Crippen molar-refractivity contribution >= 4 is 50.2 Å². The number of pyridine rings is 1. The van der Waals surface area contributed by atoms with E-state index in [1.54, 1.807) is 37.5 Å². The van der Waals surface area contributed by atoms with E-state index < -0.39 is 41.7 Å². The van der Waals surface area contributed by atoms with E-state index in [4.69, 9.17) is 4.74 Å². The van der Waals surface area contributed by atoms with Crippen LogP contribution in [0.3, 0.4) is 0 Å². The van der Waals surface area contributed by atoms with Gasteiger partial charge in [-0.05, 0) is 77.9 Å². The third-order valence-electron chi connectivity index (χ3n) is 10.2. The van der Waals surface area contributed by atoms with Crippen LogP contribution in [0.25, 0.3) is 22.0 Å². The summed E-state index contributed by atoms with van der Waals surface area (Å²) in [5.74, 6) is -5.27. The maximum atomic E-state index is 14.8. The number of amides is 2. The summed E-state index contributed by atoms with van der Waals surface area (Å²) in [4.78, 5) is 68.3. The van der Waals surface area contributed by atoms with E-state index >= 15 is 0 Å². The lowest BCUT2D eigenvalue weighted by atomic mass is 9.94. The van der Waals surface area contributed by atoms with E-state index in [2.05, 4.69) is 41.3 Å². The quantitative estimate of drug-likeness (QED) is 0.229. The van der Waals surface area contributed by atoms with Crippen molar-refractivity contribution in [3.05, 3.63) is 70.1 Å². The molecule has 1 spiro atoms. The van der Waals surface area contributed by atoms with Crippen molar-refractivity contribution in [2.24, 2.45) is 5.41 Å². The van der Waals surface area contributed by atoms with Gasteiger partial charge in [0, 0.05) is 61.3 Å². The van der Waals surface area contributed by atoms with Gasteiger partial charge in [-0.2, -0.15) is 13.9 Å². The Kier molecular flexibility index (Phi) is 9.29. The molecule has 266 valence electrons. The van der Waals surface area contributed by atoms with E-state index in [1.807, 2.05) is 12.1 Å². The first-order valence-corrected chi connectivity index (χ1v) is 17.7. The molecular formula is C36H36BrF2N7O5. The fourth-order valence-corrected chi connectivity index (χ4v) is 7.66. The van der Waals surface area contributed by atoms with Gasteiger partial charge in [0.25, 0.3) is 5.91 Å². The number of rotatable bonds is 4. The van der Waals surface area contributed by atoms with Crippen molar-refractivity contribution in [3.8, 4) is 11.1 Å². The van der Waals surface area contributed by atoms with Crippen LogP contribution in [-0.2, 0) is 38.7 Å². The Bertz CT molecular complexity index is 2060. The summed E-state index contributed by atoms with van der Waals surface area (Å²) in [6.07, 6.45) is 3.77. The first kappa shape index (κ1) is 34.9. The third kappa shape index (κ3) is 6.93. The van der Waals surface area contributed by atoms with Crippen LogP contribution < -0.4 is 5.32 Å². The molecule has 51 heavy (non-hydrogen) atoms. The molecule has 1 N–H and O–H groups in total. The molecule has 0 radical (unpaired) electrons. The van der Waals surface area contributed by atoms with Gasteiger partial charge >= 0.3 is 5.92 Å². The number of benzene rings is 1. The number of hydrogen-bond acceptors (Lipinski definition) is 9. The number of carbonyl (C=O) groups is 4. The summed E-state index contributed by atoms with van der Waals surface area (Å²) in [7, 11) is 0. The number of nitrogens with one attached hydrogen (secondary N) is 1. The Morgan fingerprint density at radius 1 is 1.08 bits per heavy atom. The highest BCUT2D eigenvalue weighted by atomic mass is 79.9. The van der Waals surface area contributed by atoms with E-state index in [0.29, 0.717) is 45.4 Å². The molecule has 2 bridgehead atoms. The molecule has 3 atom stereocenters. The van der Waals surface area contributed by atoms with Gasteiger partial charge in [-0.15, -0.1) is 0 Å². The number of halogens is 3. The maximum Gasteiger partial charge on any atom is 0.324 e. The summed E-state index contributed by atoms with van der Waals surface area (Å²) < 4.78 is 37.3.